The summed E-state index contributed by atoms with van der Waals surface area (Å²) < 4.78 is 5.45. The van der Waals surface area contributed by atoms with Gasteiger partial charge in [-0.15, -0.1) is 0 Å². The second-order valence-electron chi connectivity index (χ2n) is 5.19. The van der Waals surface area contributed by atoms with Gasteiger partial charge in [0, 0.05) is 12.0 Å². The molecule has 3 rings (SSSR count). The minimum Gasteiger partial charge on any atom is -0.494 e. The first-order valence-electron chi connectivity index (χ1n) is 7.12. The van der Waals surface area contributed by atoms with Crippen LogP contribution in [0.2, 0.25) is 0 Å². The lowest BCUT2D eigenvalue weighted by atomic mass is 9.74. The van der Waals surface area contributed by atoms with Crippen LogP contribution in [0.25, 0.3) is 0 Å². The summed E-state index contributed by atoms with van der Waals surface area (Å²) in [6.45, 7) is 2.56. The predicted molar refractivity (Wildman–Crippen MR) is 79.4 cm³/mol. The molecule has 1 aliphatic carbocycles. The maximum atomic E-state index is 12.4. The van der Waals surface area contributed by atoms with Gasteiger partial charge in [-0.2, -0.15) is 0 Å². The number of carbonyl (C=O) groups is 1. The van der Waals surface area contributed by atoms with E-state index in [2.05, 4.69) is 18.2 Å². The Morgan fingerprint density at radius 1 is 1.20 bits per heavy atom. The lowest BCUT2D eigenvalue weighted by Gasteiger charge is -2.29. The summed E-state index contributed by atoms with van der Waals surface area (Å²) in [6.07, 6.45) is 1.61. The van der Waals surface area contributed by atoms with Crippen LogP contribution in [0.3, 0.4) is 0 Å². The fourth-order valence-corrected chi connectivity index (χ4v) is 2.81. The van der Waals surface area contributed by atoms with Crippen molar-refractivity contribution in [2.45, 2.75) is 25.7 Å². The van der Waals surface area contributed by atoms with Gasteiger partial charge >= 0.3 is 0 Å². The number of rotatable bonds is 5. The maximum Gasteiger partial charge on any atom is 0.163 e. The molecule has 1 atom stereocenters. The molecule has 0 amide bonds. The highest BCUT2D eigenvalue weighted by Gasteiger charge is 2.27. The molecule has 0 saturated heterocycles. The van der Waals surface area contributed by atoms with Gasteiger partial charge in [0.15, 0.2) is 5.78 Å². The van der Waals surface area contributed by atoms with Crippen molar-refractivity contribution in [2.24, 2.45) is 0 Å². The van der Waals surface area contributed by atoms with Gasteiger partial charge in [-0.05, 0) is 42.5 Å². The summed E-state index contributed by atoms with van der Waals surface area (Å²) in [5.74, 6) is 1.35. The average Bonchev–Trinajstić information content (AvgIpc) is 2.45. The van der Waals surface area contributed by atoms with Crippen LogP contribution in [0, 0.1) is 0 Å². The molecule has 20 heavy (non-hydrogen) atoms. The van der Waals surface area contributed by atoms with E-state index in [1.807, 2.05) is 37.3 Å². The van der Waals surface area contributed by atoms with Crippen LogP contribution in [-0.4, -0.2) is 12.4 Å². The number of hydrogen-bond acceptors (Lipinski definition) is 2. The molecule has 0 fully saturated rings. The molecule has 2 aromatic carbocycles. The van der Waals surface area contributed by atoms with Crippen molar-refractivity contribution in [3.8, 4) is 5.75 Å². The number of ether oxygens (including phenoxy) is 1. The summed E-state index contributed by atoms with van der Waals surface area (Å²) >= 11 is 0. The van der Waals surface area contributed by atoms with E-state index in [-0.39, 0.29) is 5.78 Å². The zero-order valence-corrected chi connectivity index (χ0v) is 11.6. The zero-order chi connectivity index (χ0) is 13.9. The van der Waals surface area contributed by atoms with Crippen LogP contribution >= 0.6 is 0 Å². The number of benzene rings is 2. The van der Waals surface area contributed by atoms with Crippen molar-refractivity contribution >= 4 is 5.78 Å². The van der Waals surface area contributed by atoms with Crippen molar-refractivity contribution < 1.29 is 9.53 Å². The monoisotopic (exact) mass is 266 g/mol. The summed E-state index contributed by atoms with van der Waals surface area (Å²) in [7, 11) is 0. The molecule has 0 N–H and O–H groups in total. The molecule has 102 valence electrons. The Labute approximate surface area is 119 Å². The fraction of sp³-hybridized carbons (Fsp3) is 0.278. The topological polar surface area (TPSA) is 26.3 Å². The summed E-state index contributed by atoms with van der Waals surface area (Å²) in [5.41, 5.74) is 3.47. The first-order valence-corrected chi connectivity index (χ1v) is 7.12. The van der Waals surface area contributed by atoms with Crippen molar-refractivity contribution in [3.63, 3.8) is 0 Å². The van der Waals surface area contributed by atoms with Gasteiger partial charge in [-0.1, -0.05) is 36.4 Å². The minimum absolute atomic E-state index is 0.200. The first-order chi connectivity index (χ1) is 9.78. The molecule has 0 bridgehead atoms. The second kappa shape index (κ2) is 5.49. The highest BCUT2D eigenvalue weighted by Crippen LogP contribution is 2.38. The van der Waals surface area contributed by atoms with Gasteiger partial charge < -0.3 is 4.74 Å². The third-order valence-corrected chi connectivity index (χ3v) is 3.86. The summed E-state index contributed by atoms with van der Waals surface area (Å²) in [5, 5.41) is 0. The van der Waals surface area contributed by atoms with Crippen LogP contribution in [0.4, 0.5) is 0 Å². The molecule has 2 nitrogen and oxygen atoms in total. The minimum atomic E-state index is 0.200. The summed E-state index contributed by atoms with van der Waals surface area (Å²) in [4.78, 5) is 12.4. The Morgan fingerprint density at radius 3 is 2.85 bits per heavy atom. The van der Waals surface area contributed by atoms with Crippen molar-refractivity contribution in [1.29, 1.82) is 0 Å². The van der Waals surface area contributed by atoms with Crippen LogP contribution in [-0.2, 0) is 6.42 Å². The van der Waals surface area contributed by atoms with E-state index in [1.54, 1.807) is 0 Å². The molecule has 0 spiro atoms. The van der Waals surface area contributed by atoms with Gasteiger partial charge in [0.2, 0.25) is 0 Å². The molecule has 0 radical (unpaired) electrons. The van der Waals surface area contributed by atoms with Crippen LogP contribution in [0.5, 0.6) is 5.75 Å². The molecule has 0 saturated carbocycles. The zero-order valence-electron chi connectivity index (χ0n) is 11.6. The normalized spacial score (nSPS) is 16.1. The first kappa shape index (κ1) is 12.9. The lowest BCUT2D eigenvalue weighted by Crippen LogP contribution is -2.20. The largest absolute Gasteiger partial charge is 0.494 e. The van der Waals surface area contributed by atoms with Gasteiger partial charge in [0.25, 0.3) is 0 Å². The third kappa shape index (κ3) is 2.46. The van der Waals surface area contributed by atoms with Crippen LogP contribution in [0.1, 0.15) is 40.7 Å². The second-order valence-corrected chi connectivity index (χ2v) is 5.19. The van der Waals surface area contributed by atoms with Crippen molar-refractivity contribution in [2.75, 3.05) is 6.61 Å². The summed E-state index contributed by atoms with van der Waals surface area (Å²) in [6, 6.07) is 15.9. The molecule has 0 aromatic heterocycles. The standard InChI is InChI=1S/C18H18O2/c1-2-20-16-8-5-7-14(11-16)18(19)12-15-10-13-6-3-4-9-17(13)15/h3-9,11,15H,2,10,12H2,1H3. The Morgan fingerprint density at radius 2 is 2.05 bits per heavy atom. The van der Waals surface area contributed by atoms with Gasteiger partial charge in [-0.3, -0.25) is 4.79 Å². The number of carbonyl (C=O) groups excluding carboxylic acids is 1. The number of hydrogen-bond donors (Lipinski definition) is 0. The van der Waals surface area contributed by atoms with E-state index < -0.39 is 0 Å². The lowest BCUT2D eigenvalue weighted by molar-refractivity contribution is 0.0970. The van der Waals surface area contributed by atoms with Crippen LogP contribution < -0.4 is 4.74 Å². The molecule has 0 heterocycles. The number of ketones is 1. The molecule has 1 aliphatic rings. The van der Waals surface area contributed by atoms with Gasteiger partial charge in [-0.25, -0.2) is 0 Å². The van der Waals surface area contributed by atoms with E-state index in [0.717, 1.165) is 17.7 Å². The SMILES string of the molecule is CCOc1cccc(C(=O)CC2Cc3ccccc32)c1. The van der Waals surface area contributed by atoms with E-state index in [4.69, 9.17) is 4.74 Å². The Hall–Kier alpha value is -2.09. The van der Waals surface area contributed by atoms with Crippen LogP contribution in [0.15, 0.2) is 48.5 Å². The average molecular weight is 266 g/mol. The van der Waals surface area contributed by atoms with Crippen molar-refractivity contribution in [1.82, 2.24) is 0 Å². The van der Waals surface area contributed by atoms with E-state index in [1.165, 1.54) is 11.1 Å². The highest BCUT2D eigenvalue weighted by molar-refractivity contribution is 5.97. The van der Waals surface area contributed by atoms with E-state index in [0.29, 0.717) is 18.9 Å². The molecule has 0 aliphatic heterocycles. The maximum absolute atomic E-state index is 12.4. The third-order valence-electron chi connectivity index (χ3n) is 3.86. The van der Waals surface area contributed by atoms with E-state index >= 15 is 0 Å². The molecule has 1 unspecified atom stereocenters. The Bertz CT molecular complexity index is 631. The molecule has 2 aromatic rings. The Balaban J connectivity index is 1.70. The van der Waals surface area contributed by atoms with Crippen molar-refractivity contribution in [3.05, 3.63) is 65.2 Å². The molecule has 2 heteroatoms. The predicted octanol–water partition coefficient (Wildman–Crippen LogP) is 4.00. The molecular weight excluding hydrogens is 248 g/mol. The highest BCUT2D eigenvalue weighted by atomic mass is 16.5. The number of Topliss-reactive ketones (excluding diaryl/α,β-unsaturated/α-hetero) is 1. The molecular formula is C18H18O2. The quantitative estimate of drug-likeness (QED) is 0.765. The van der Waals surface area contributed by atoms with Gasteiger partial charge in [0.05, 0.1) is 6.61 Å². The Kier molecular flexibility index (Phi) is 3.55. The smallest absolute Gasteiger partial charge is 0.163 e. The fourth-order valence-electron chi connectivity index (χ4n) is 2.81. The van der Waals surface area contributed by atoms with E-state index in [9.17, 15) is 4.79 Å². The van der Waals surface area contributed by atoms with Gasteiger partial charge in [0.1, 0.15) is 5.75 Å². The number of fused-ring (bicyclic) bond motifs is 1.